The standard InChI is InChI=1S/C8H11ClN4O3S/c9-3-7(14)13(8-10-5-11-12-8)6-1-2-17(15,16)4-6/h5-6,8H,1-4H2. The molecule has 0 aromatic heterocycles. The molecule has 0 N–H and O–H groups in total. The van der Waals surface area contributed by atoms with Gasteiger partial charge in [-0.25, -0.2) is 13.4 Å². The number of carbonyl (C=O) groups excluding carboxylic acids is 1. The van der Waals surface area contributed by atoms with Crippen LogP contribution in [0.25, 0.3) is 0 Å². The predicted molar refractivity (Wildman–Crippen MR) is 61.8 cm³/mol. The fraction of sp³-hybridized carbons (Fsp3) is 0.750. The highest BCUT2D eigenvalue weighted by Gasteiger charge is 2.38. The largest absolute Gasteiger partial charge is 0.295 e. The Bertz CT molecular complexity index is 463. The van der Waals surface area contributed by atoms with Gasteiger partial charge in [0.05, 0.1) is 17.5 Å². The summed E-state index contributed by atoms with van der Waals surface area (Å²) in [5.74, 6) is -0.580. The molecule has 0 aromatic carbocycles. The van der Waals surface area contributed by atoms with E-state index < -0.39 is 22.2 Å². The van der Waals surface area contributed by atoms with Gasteiger partial charge in [-0.2, -0.15) is 0 Å². The molecule has 1 saturated heterocycles. The van der Waals surface area contributed by atoms with Crippen molar-refractivity contribution in [3.8, 4) is 0 Å². The number of hydrogen-bond acceptors (Lipinski definition) is 6. The number of amides is 1. The summed E-state index contributed by atoms with van der Waals surface area (Å²) in [5, 5.41) is 7.31. The zero-order chi connectivity index (χ0) is 12.5. The third kappa shape index (κ3) is 2.63. The van der Waals surface area contributed by atoms with Crippen LogP contribution in [0.4, 0.5) is 0 Å². The van der Waals surface area contributed by atoms with Crippen molar-refractivity contribution in [2.45, 2.75) is 18.8 Å². The maximum atomic E-state index is 11.7. The molecule has 1 fully saturated rings. The van der Waals surface area contributed by atoms with E-state index in [1.807, 2.05) is 0 Å². The average Bonchev–Trinajstić information content (AvgIpc) is 2.89. The summed E-state index contributed by atoms with van der Waals surface area (Å²) < 4.78 is 22.8. The first-order valence-corrected chi connectivity index (χ1v) is 7.38. The Morgan fingerprint density at radius 1 is 1.53 bits per heavy atom. The molecule has 17 heavy (non-hydrogen) atoms. The molecule has 2 aliphatic heterocycles. The molecular weight excluding hydrogens is 268 g/mol. The van der Waals surface area contributed by atoms with E-state index in [0.29, 0.717) is 6.42 Å². The van der Waals surface area contributed by atoms with E-state index in [9.17, 15) is 13.2 Å². The molecule has 0 spiro atoms. The molecule has 2 heterocycles. The fourth-order valence-electron chi connectivity index (χ4n) is 1.92. The van der Waals surface area contributed by atoms with Crippen molar-refractivity contribution in [3.05, 3.63) is 0 Å². The van der Waals surface area contributed by atoms with Crippen molar-refractivity contribution in [1.29, 1.82) is 0 Å². The van der Waals surface area contributed by atoms with Gasteiger partial charge in [0.15, 0.2) is 9.84 Å². The highest BCUT2D eigenvalue weighted by atomic mass is 35.5. The SMILES string of the molecule is O=C(CCl)N(C1CCS(=O)(=O)C1)C1N=CN=N1. The molecule has 94 valence electrons. The van der Waals surface area contributed by atoms with E-state index >= 15 is 0 Å². The molecule has 0 aliphatic carbocycles. The van der Waals surface area contributed by atoms with Crippen LogP contribution in [0.1, 0.15) is 6.42 Å². The van der Waals surface area contributed by atoms with Crippen molar-refractivity contribution in [2.24, 2.45) is 15.2 Å². The lowest BCUT2D eigenvalue weighted by atomic mass is 10.2. The topological polar surface area (TPSA) is 91.5 Å². The van der Waals surface area contributed by atoms with E-state index in [-0.39, 0.29) is 23.3 Å². The van der Waals surface area contributed by atoms with Crippen LogP contribution in [0, 0.1) is 0 Å². The van der Waals surface area contributed by atoms with Crippen molar-refractivity contribution in [3.63, 3.8) is 0 Å². The summed E-state index contributed by atoms with van der Waals surface area (Å²) in [6.07, 6.45) is 0.870. The summed E-state index contributed by atoms with van der Waals surface area (Å²) in [7, 11) is -3.07. The summed E-state index contributed by atoms with van der Waals surface area (Å²) >= 11 is 5.51. The fourth-order valence-corrected chi connectivity index (χ4v) is 3.77. The van der Waals surface area contributed by atoms with Gasteiger partial charge in [-0.3, -0.25) is 9.69 Å². The van der Waals surface area contributed by atoms with Crippen LogP contribution in [0.5, 0.6) is 0 Å². The van der Waals surface area contributed by atoms with Gasteiger partial charge in [-0.05, 0) is 6.42 Å². The number of alkyl halides is 1. The van der Waals surface area contributed by atoms with Gasteiger partial charge in [0, 0.05) is 0 Å². The Morgan fingerprint density at radius 2 is 2.29 bits per heavy atom. The monoisotopic (exact) mass is 278 g/mol. The Labute approximate surface area is 103 Å². The average molecular weight is 279 g/mol. The second-order valence-corrected chi connectivity index (χ2v) is 6.33. The molecule has 7 nitrogen and oxygen atoms in total. The van der Waals surface area contributed by atoms with Gasteiger partial charge in [-0.1, -0.05) is 0 Å². The number of aliphatic imine (C=N–C) groups is 1. The van der Waals surface area contributed by atoms with Gasteiger partial charge in [0.1, 0.15) is 12.2 Å². The molecule has 1 amide bonds. The van der Waals surface area contributed by atoms with Gasteiger partial charge in [-0.15, -0.1) is 21.8 Å². The molecule has 2 aliphatic rings. The van der Waals surface area contributed by atoms with E-state index in [2.05, 4.69) is 15.2 Å². The lowest BCUT2D eigenvalue weighted by Gasteiger charge is -2.28. The van der Waals surface area contributed by atoms with Crippen molar-refractivity contribution in [2.75, 3.05) is 17.4 Å². The zero-order valence-corrected chi connectivity index (χ0v) is 10.4. The Balaban J connectivity index is 2.19. The number of rotatable bonds is 3. The predicted octanol–water partition coefficient (Wildman–Crippen LogP) is 0.0186. The van der Waals surface area contributed by atoms with Gasteiger partial charge in [0.25, 0.3) is 0 Å². The quantitative estimate of drug-likeness (QED) is 0.681. The first kappa shape index (κ1) is 12.4. The van der Waals surface area contributed by atoms with Crippen LogP contribution < -0.4 is 0 Å². The van der Waals surface area contributed by atoms with E-state index in [4.69, 9.17) is 11.6 Å². The van der Waals surface area contributed by atoms with Crippen LogP contribution in [0.2, 0.25) is 0 Å². The highest BCUT2D eigenvalue weighted by molar-refractivity contribution is 7.91. The number of azo groups is 1. The van der Waals surface area contributed by atoms with Crippen LogP contribution in [0.15, 0.2) is 15.2 Å². The maximum Gasteiger partial charge on any atom is 0.240 e. The third-order valence-corrected chi connectivity index (χ3v) is 4.65. The van der Waals surface area contributed by atoms with Crippen LogP contribution >= 0.6 is 11.6 Å². The molecule has 9 heteroatoms. The maximum absolute atomic E-state index is 11.7. The molecule has 2 unspecified atom stereocenters. The van der Waals surface area contributed by atoms with Crippen molar-refractivity contribution < 1.29 is 13.2 Å². The summed E-state index contributed by atoms with van der Waals surface area (Å²) in [6, 6.07) is -0.412. The summed E-state index contributed by atoms with van der Waals surface area (Å²) in [6.45, 7) is 0. The van der Waals surface area contributed by atoms with E-state index in [1.165, 1.54) is 11.2 Å². The van der Waals surface area contributed by atoms with E-state index in [1.54, 1.807) is 0 Å². The summed E-state index contributed by atoms with van der Waals surface area (Å²) in [5.41, 5.74) is 0. The second kappa shape index (κ2) is 4.69. The van der Waals surface area contributed by atoms with Crippen LogP contribution in [-0.4, -0.2) is 55.3 Å². The molecule has 0 saturated carbocycles. The number of sulfone groups is 1. The van der Waals surface area contributed by atoms with Crippen molar-refractivity contribution >= 4 is 33.7 Å². The van der Waals surface area contributed by atoms with Crippen molar-refractivity contribution in [1.82, 2.24) is 4.90 Å². The molecule has 0 aromatic rings. The van der Waals surface area contributed by atoms with Gasteiger partial charge < -0.3 is 0 Å². The molecule has 0 radical (unpaired) electrons. The number of nitrogens with zero attached hydrogens (tertiary/aromatic N) is 4. The van der Waals surface area contributed by atoms with Crippen LogP contribution in [0.3, 0.4) is 0 Å². The first-order chi connectivity index (χ1) is 8.03. The second-order valence-electron chi connectivity index (χ2n) is 3.83. The Morgan fingerprint density at radius 3 is 2.76 bits per heavy atom. The van der Waals surface area contributed by atoms with Crippen LogP contribution in [-0.2, 0) is 14.6 Å². The van der Waals surface area contributed by atoms with E-state index in [0.717, 1.165) is 0 Å². The lowest BCUT2D eigenvalue weighted by Crippen LogP contribution is -2.46. The molecule has 2 rings (SSSR count). The first-order valence-electron chi connectivity index (χ1n) is 5.02. The zero-order valence-electron chi connectivity index (χ0n) is 8.86. The Hall–Kier alpha value is -1.02. The lowest BCUT2D eigenvalue weighted by molar-refractivity contribution is -0.132. The minimum absolute atomic E-state index is 0.0584. The summed E-state index contributed by atoms with van der Waals surface area (Å²) in [4.78, 5) is 16.9. The molecule has 2 atom stereocenters. The van der Waals surface area contributed by atoms with Gasteiger partial charge in [0.2, 0.25) is 12.2 Å². The highest BCUT2D eigenvalue weighted by Crippen LogP contribution is 2.22. The number of hydrogen-bond donors (Lipinski definition) is 0. The van der Waals surface area contributed by atoms with Gasteiger partial charge >= 0.3 is 0 Å². The minimum Gasteiger partial charge on any atom is -0.295 e. The number of carbonyl (C=O) groups is 1. The number of halogens is 1. The third-order valence-electron chi connectivity index (χ3n) is 2.67. The minimum atomic E-state index is -3.07. The molecule has 0 bridgehead atoms. The normalized spacial score (nSPS) is 29.7. The molecular formula is C8H11ClN4O3S. The smallest absolute Gasteiger partial charge is 0.240 e. The Kier molecular flexibility index (Phi) is 3.43.